The van der Waals surface area contributed by atoms with Gasteiger partial charge in [0.15, 0.2) is 0 Å². The second kappa shape index (κ2) is 4.95. The number of thiophene rings is 1. The van der Waals surface area contributed by atoms with Crippen LogP contribution in [0.15, 0.2) is 11.4 Å². The highest BCUT2D eigenvalue weighted by molar-refractivity contribution is 7.85. The first kappa shape index (κ1) is 11.6. The van der Waals surface area contributed by atoms with Crippen LogP contribution in [0.2, 0.25) is 5.02 Å². The average molecular weight is 264 g/mol. The Morgan fingerprint density at radius 1 is 1.73 bits per heavy atom. The van der Waals surface area contributed by atoms with Gasteiger partial charge in [0.25, 0.3) is 0 Å². The molecule has 0 amide bonds. The molecule has 0 radical (unpaired) electrons. The first-order valence-corrected chi connectivity index (χ1v) is 7.62. The predicted molar refractivity (Wildman–Crippen MR) is 67.1 cm³/mol. The lowest BCUT2D eigenvalue weighted by Gasteiger charge is -2.29. The molecule has 0 bridgehead atoms. The van der Waals surface area contributed by atoms with Crippen LogP contribution in [0.5, 0.6) is 0 Å². The molecule has 1 aliphatic heterocycles. The monoisotopic (exact) mass is 263 g/mol. The van der Waals surface area contributed by atoms with Gasteiger partial charge in [-0.15, -0.1) is 11.3 Å². The van der Waals surface area contributed by atoms with Crippen LogP contribution in [-0.2, 0) is 17.3 Å². The molecule has 0 aliphatic carbocycles. The molecule has 2 atom stereocenters. The molecule has 1 fully saturated rings. The summed E-state index contributed by atoms with van der Waals surface area (Å²) in [4.78, 5) is 3.56. The Labute approximate surface area is 102 Å². The van der Waals surface area contributed by atoms with E-state index in [0.717, 1.165) is 30.4 Å². The number of hydrogen-bond donors (Lipinski definition) is 0. The molecule has 1 aromatic heterocycles. The maximum atomic E-state index is 11.5. The maximum Gasteiger partial charge on any atom is 0.0558 e. The largest absolute Gasteiger partial charge is 0.296 e. The van der Waals surface area contributed by atoms with Crippen molar-refractivity contribution < 1.29 is 4.21 Å². The number of rotatable bonds is 2. The van der Waals surface area contributed by atoms with Crippen LogP contribution in [0.4, 0.5) is 0 Å². The molecule has 1 aliphatic rings. The zero-order chi connectivity index (χ0) is 10.8. The Balaban J connectivity index is 1.96. The summed E-state index contributed by atoms with van der Waals surface area (Å²) in [7, 11) is -0.631. The summed E-state index contributed by atoms with van der Waals surface area (Å²) in [5, 5.41) is 3.17. The van der Waals surface area contributed by atoms with E-state index in [9.17, 15) is 4.21 Å². The van der Waals surface area contributed by atoms with Crippen molar-refractivity contribution in [1.29, 1.82) is 0 Å². The van der Waals surface area contributed by atoms with Crippen LogP contribution in [0.1, 0.15) is 11.8 Å². The summed E-state index contributed by atoms with van der Waals surface area (Å²) < 4.78 is 11.5. The van der Waals surface area contributed by atoms with Crippen molar-refractivity contribution in [2.45, 2.75) is 18.7 Å². The minimum Gasteiger partial charge on any atom is -0.296 e. The van der Waals surface area contributed by atoms with Crippen molar-refractivity contribution in [3.05, 3.63) is 21.3 Å². The molecule has 0 unspecified atom stereocenters. The Hall–Kier alpha value is 0.1000. The third-order valence-corrected chi connectivity index (χ3v) is 5.63. The first-order chi connectivity index (χ1) is 7.16. The number of hydrogen-bond acceptors (Lipinski definition) is 3. The van der Waals surface area contributed by atoms with E-state index in [1.54, 1.807) is 11.3 Å². The normalized spacial score (nSPS) is 28.1. The molecule has 0 N–H and O–H groups in total. The van der Waals surface area contributed by atoms with Crippen LogP contribution in [0.3, 0.4) is 0 Å². The summed E-state index contributed by atoms with van der Waals surface area (Å²) in [6.45, 7) is 4.79. The Kier molecular flexibility index (Phi) is 3.83. The highest BCUT2D eigenvalue weighted by Crippen LogP contribution is 2.24. The van der Waals surface area contributed by atoms with Gasteiger partial charge in [0.05, 0.1) is 5.02 Å². The quantitative estimate of drug-likeness (QED) is 0.817. The third-order valence-electron chi connectivity index (χ3n) is 2.63. The molecular weight excluding hydrogens is 250 g/mol. The average Bonchev–Trinajstić information content (AvgIpc) is 2.59. The summed E-state index contributed by atoms with van der Waals surface area (Å²) >= 11 is 7.74. The zero-order valence-electron chi connectivity index (χ0n) is 8.61. The zero-order valence-corrected chi connectivity index (χ0v) is 11.0. The van der Waals surface area contributed by atoms with E-state index in [0.29, 0.717) is 0 Å². The molecule has 1 aromatic rings. The molecule has 5 heteroatoms. The highest BCUT2D eigenvalue weighted by Gasteiger charge is 2.22. The minimum absolute atomic E-state index is 0.289. The summed E-state index contributed by atoms with van der Waals surface area (Å²) in [5.41, 5.74) is 0. The molecule has 0 aromatic carbocycles. The first-order valence-electron chi connectivity index (χ1n) is 4.98. The van der Waals surface area contributed by atoms with Gasteiger partial charge in [0, 0.05) is 46.3 Å². The van der Waals surface area contributed by atoms with E-state index < -0.39 is 10.8 Å². The van der Waals surface area contributed by atoms with E-state index in [-0.39, 0.29) is 5.25 Å². The molecule has 0 saturated carbocycles. The second-order valence-corrected chi connectivity index (χ2v) is 7.20. The molecule has 15 heavy (non-hydrogen) atoms. The SMILES string of the molecule is C[C@H]1CN(Cc2sccc2Cl)CC[S@@]1=O. The lowest BCUT2D eigenvalue weighted by Crippen LogP contribution is -2.42. The Bertz CT molecular complexity index is 366. The Morgan fingerprint density at radius 2 is 2.53 bits per heavy atom. The van der Waals surface area contributed by atoms with Crippen LogP contribution in [0.25, 0.3) is 0 Å². The summed E-state index contributed by atoms with van der Waals surface area (Å²) in [6, 6.07) is 1.94. The smallest absolute Gasteiger partial charge is 0.0558 e. The topological polar surface area (TPSA) is 20.3 Å². The van der Waals surface area contributed by atoms with Gasteiger partial charge in [0.2, 0.25) is 0 Å². The van der Waals surface area contributed by atoms with E-state index in [2.05, 4.69) is 11.8 Å². The molecule has 2 nitrogen and oxygen atoms in total. The molecule has 1 saturated heterocycles. The lowest BCUT2D eigenvalue weighted by atomic mass is 10.3. The molecule has 84 valence electrons. The van der Waals surface area contributed by atoms with Gasteiger partial charge in [-0.05, 0) is 18.4 Å². The maximum absolute atomic E-state index is 11.5. The number of halogens is 1. The predicted octanol–water partition coefficient (Wildman–Crippen LogP) is 2.35. The van der Waals surface area contributed by atoms with Gasteiger partial charge in [0.1, 0.15) is 0 Å². The van der Waals surface area contributed by atoms with Crippen molar-refractivity contribution in [2.24, 2.45) is 0 Å². The standard InChI is InChI=1S/C10H14ClNOS2/c1-8-6-12(3-5-15(8)13)7-10-9(11)2-4-14-10/h2,4,8H,3,5-7H2,1H3/t8-,15-/m0/s1. The fourth-order valence-electron chi connectivity index (χ4n) is 1.74. The molecule has 2 heterocycles. The van der Waals surface area contributed by atoms with E-state index in [4.69, 9.17) is 11.6 Å². The Morgan fingerprint density at radius 3 is 3.13 bits per heavy atom. The van der Waals surface area contributed by atoms with Gasteiger partial charge in [-0.1, -0.05) is 11.6 Å². The van der Waals surface area contributed by atoms with Gasteiger partial charge >= 0.3 is 0 Å². The minimum atomic E-state index is -0.631. The van der Waals surface area contributed by atoms with Crippen molar-refractivity contribution in [2.75, 3.05) is 18.8 Å². The van der Waals surface area contributed by atoms with Crippen molar-refractivity contribution >= 4 is 33.7 Å². The van der Waals surface area contributed by atoms with Gasteiger partial charge in [-0.25, -0.2) is 0 Å². The van der Waals surface area contributed by atoms with Gasteiger partial charge in [-0.2, -0.15) is 0 Å². The lowest BCUT2D eigenvalue weighted by molar-refractivity contribution is 0.277. The highest BCUT2D eigenvalue weighted by atomic mass is 35.5. The van der Waals surface area contributed by atoms with Crippen molar-refractivity contribution in [3.63, 3.8) is 0 Å². The van der Waals surface area contributed by atoms with Crippen LogP contribution in [-0.4, -0.2) is 33.2 Å². The summed E-state index contributed by atoms with van der Waals surface area (Å²) in [5.74, 6) is 0.796. The number of nitrogens with zero attached hydrogens (tertiary/aromatic N) is 1. The molecule has 0 spiro atoms. The van der Waals surface area contributed by atoms with Gasteiger partial charge in [-0.3, -0.25) is 9.11 Å². The molecular formula is C10H14ClNOS2. The van der Waals surface area contributed by atoms with E-state index >= 15 is 0 Å². The van der Waals surface area contributed by atoms with E-state index in [1.165, 1.54) is 4.88 Å². The summed E-state index contributed by atoms with van der Waals surface area (Å²) in [6.07, 6.45) is 0. The van der Waals surface area contributed by atoms with E-state index in [1.807, 2.05) is 11.4 Å². The fourth-order valence-corrected chi connectivity index (χ4v) is 4.10. The second-order valence-electron chi connectivity index (χ2n) is 3.82. The molecule has 2 rings (SSSR count). The van der Waals surface area contributed by atoms with Crippen LogP contribution < -0.4 is 0 Å². The third kappa shape index (κ3) is 2.81. The van der Waals surface area contributed by atoms with Crippen molar-refractivity contribution in [1.82, 2.24) is 4.90 Å². The van der Waals surface area contributed by atoms with Crippen LogP contribution >= 0.6 is 22.9 Å². The van der Waals surface area contributed by atoms with Crippen molar-refractivity contribution in [3.8, 4) is 0 Å². The van der Waals surface area contributed by atoms with Crippen LogP contribution in [0, 0.1) is 0 Å². The van der Waals surface area contributed by atoms with Gasteiger partial charge < -0.3 is 0 Å². The fraction of sp³-hybridized carbons (Fsp3) is 0.600.